The maximum atomic E-state index is 15.4. The highest BCUT2D eigenvalue weighted by molar-refractivity contribution is 8.76. The van der Waals surface area contributed by atoms with Gasteiger partial charge in [0.05, 0.1) is 26.0 Å². The van der Waals surface area contributed by atoms with Crippen LogP contribution in [0.1, 0.15) is 109 Å². The quantitative estimate of drug-likeness (QED) is 0.0718. The molecule has 0 spiro atoms. The molecule has 15 N–H and O–H groups in total. The van der Waals surface area contributed by atoms with Crippen LogP contribution in [0.25, 0.3) is 0 Å². The van der Waals surface area contributed by atoms with E-state index in [4.69, 9.17) is 0 Å². The Hall–Kier alpha value is -10.4. The highest BCUT2D eigenvalue weighted by Crippen LogP contribution is 2.29. The van der Waals surface area contributed by atoms with Gasteiger partial charge in [-0.05, 0) is 79.2 Å². The second-order valence-corrected chi connectivity index (χ2v) is 30.3. The molecule has 15 atom stereocenters. The fourth-order valence-corrected chi connectivity index (χ4v) is 15.9. The zero-order valence-corrected chi connectivity index (χ0v) is 62.5. The van der Waals surface area contributed by atoms with Gasteiger partial charge in [-0.3, -0.25) is 76.7 Å². The van der Waals surface area contributed by atoms with Crippen molar-refractivity contribution in [2.24, 2.45) is 11.8 Å². The molecular weight excluding hydrogens is 1460 g/mol. The number of hydrogen-bond acceptors (Lipinski definition) is 20. The molecule has 5 heterocycles. The lowest BCUT2D eigenvalue weighted by molar-refractivity contribution is -0.149. The zero-order chi connectivity index (χ0) is 79.2. The minimum Gasteiger partial charge on any atom is -0.508 e. The molecule has 0 aliphatic carbocycles. The van der Waals surface area contributed by atoms with E-state index in [1.165, 1.54) is 39.0 Å². The second-order valence-electron chi connectivity index (χ2n) is 27.8. The number of phenols is 1. The zero-order valence-electron chi connectivity index (χ0n) is 60.9. The molecule has 109 heavy (non-hydrogen) atoms. The van der Waals surface area contributed by atoms with Gasteiger partial charge in [0.15, 0.2) is 0 Å². The molecule has 5 saturated heterocycles. The molecule has 5 fully saturated rings. The normalized spacial score (nSPS) is 27.6. The molecule has 5 aliphatic rings. The van der Waals surface area contributed by atoms with Crippen molar-refractivity contribution in [1.82, 2.24) is 73.2 Å². The minimum atomic E-state index is -2.12. The van der Waals surface area contributed by atoms with Crippen molar-refractivity contribution in [1.29, 1.82) is 0 Å². The number of aliphatic hydroxyl groups is 1. The van der Waals surface area contributed by atoms with Crippen LogP contribution in [0.15, 0.2) is 84.9 Å². The van der Waals surface area contributed by atoms with E-state index in [1.54, 1.807) is 88.4 Å². The SMILES string of the molecule is CC[C@H](C)[C@@H]1NC(=O)[C@@H]2CCCN2C(=O)[C@@H]2CCCN2C(=O)[C@H]([C@@H](C)CC)NC(=O)[C@H](CO)NC(=O)[C@H](Cc2ccc(O)cc2)NC(=O)[C@H](CC(=O)O)NC(=O)[C@@H]2CSSC[C@H](NC1=O)C(=O)N[C@@H](Cc1ccccc1)C(=O)N1CCC[C@H]1C(=O)N[C@@H](CC(=O)O)C(=O)NCC(=O)N[C@@H](Cc1ccccc1)C(=O)N2. The number of aliphatic carboxylic acids is 2. The predicted octanol–water partition coefficient (Wildman–Crippen LogP) is -2.20. The highest BCUT2D eigenvalue weighted by atomic mass is 33.1. The maximum absolute atomic E-state index is 15.4. The maximum Gasteiger partial charge on any atom is 0.305 e. The van der Waals surface area contributed by atoms with E-state index in [9.17, 15) is 78.0 Å². The van der Waals surface area contributed by atoms with E-state index in [-0.39, 0.29) is 82.3 Å². The van der Waals surface area contributed by atoms with Crippen molar-refractivity contribution in [3.63, 3.8) is 0 Å². The Morgan fingerprint density at radius 2 is 0.817 bits per heavy atom. The van der Waals surface area contributed by atoms with E-state index >= 15 is 19.2 Å². The van der Waals surface area contributed by atoms with Crippen molar-refractivity contribution in [2.45, 2.75) is 190 Å². The number of carboxylic acids is 2. The largest absolute Gasteiger partial charge is 0.508 e. The molecule has 36 heteroatoms. The summed E-state index contributed by atoms with van der Waals surface area (Å²) in [5.74, 6) is -19.6. The summed E-state index contributed by atoms with van der Waals surface area (Å²) in [5.41, 5.74) is 1.23. The van der Waals surface area contributed by atoms with Crippen LogP contribution in [0.5, 0.6) is 5.75 Å². The van der Waals surface area contributed by atoms with E-state index in [0.717, 1.165) is 21.6 Å². The van der Waals surface area contributed by atoms with Gasteiger partial charge in [-0.1, -0.05) is 135 Å². The number of carboxylic acid groups (broad SMARTS) is 2. The fraction of sp³-hybridized carbons (Fsp3) is 0.534. The van der Waals surface area contributed by atoms with Crippen molar-refractivity contribution < 1.29 is 97.1 Å². The van der Waals surface area contributed by atoms with E-state index in [0.29, 0.717) is 24.0 Å². The van der Waals surface area contributed by atoms with Gasteiger partial charge in [0.25, 0.3) is 0 Å². The second kappa shape index (κ2) is 40.2. The number of fused-ring (bicyclic) bond motifs is 8. The molecule has 0 radical (unpaired) electrons. The standard InChI is InChI=1S/C73H96N14O20S2/c1-5-39(3)59-70(104)82-52-38-109-108-37-51(81-62(96)45(30-41-16-9-7-10-17-41)75-56(90)35-74-61(95)47(33-57(91)92)78-68(102)53-20-13-27-85(53)71(105)49(79-67(52)101)32-42-18-11-8-12-19-42)66(100)77-48(34-58(93)94)64(98)76-46(31-43-23-25-44(89)26-24-43)63(97)80-50(36-88)65(99)84-60(40(4)6-2)73(107)87-29-15-22-55(87)72(106)86-28-14-21-54(86)69(103)83-59/h7-12,16-19,23-26,39-40,45-55,59-60,88-89H,5-6,13-15,20-22,27-38H2,1-4H3,(H,74,95)(H,75,90)(H,76,98)(H,77,100)(H,78,102)(H,79,101)(H,80,97)(H,81,96)(H,82,104)(H,83,103)(H,84,99)(H,91,92)(H,93,94)/t39-,40-,45-,46-,47-,48-,49-,50-,51-,52-,53-,54-,55-,59-,60-/m0/s1. The van der Waals surface area contributed by atoms with Crippen LogP contribution in [0.3, 0.4) is 0 Å². The van der Waals surface area contributed by atoms with Crippen molar-refractivity contribution in [3.05, 3.63) is 102 Å². The lowest BCUT2D eigenvalue weighted by Gasteiger charge is -2.35. The lowest BCUT2D eigenvalue weighted by Crippen LogP contribution is -2.62. The van der Waals surface area contributed by atoms with E-state index in [2.05, 4.69) is 58.5 Å². The molecule has 8 rings (SSSR count). The number of nitrogens with one attached hydrogen (secondary N) is 11. The number of amides is 14. The first-order valence-electron chi connectivity index (χ1n) is 36.4. The number of aliphatic hydroxyl groups excluding tert-OH is 1. The molecule has 590 valence electrons. The Bertz CT molecular complexity index is 3830. The number of phenolic OH excluding ortho intramolecular Hbond substituents is 1. The van der Waals surface area contributed by atoms with Crippen molar-refractivity contribution in [3.8, 4) is 5.75 Å². The molecule has 2 bridgehead atoms. The summed E-state index contributed by atoms with van der Waals surface area (Å²) in [4.78, 5) is 236. The Labute approximate surface area is 636 Å². The van der Waals surface area contributed by atoms with Crippen LogP contribution in [0, 0.1) is 11.8 Å². The van der Waals surface area contributed by atoms with Gasteiger partial charge >= 0.3 is 11.9 Å². The Morgan fingerprint density at radius 1 is 0.422 bits per heavy atom. The summed E-state index contributed by atoms with van der Waals surface area (Å²) in [5, 5.41) is 69.3. The topological polar surface area (TPSA) is 496 Å². The number of rotatable bonds is 15. The molecule has 0 unspecified atom stereocenters. The molecular formula is C73H96N14O20S2. The predicted molar refractivity (Wildman–Crippen MR) is 394 cm³/mol. The number of aromatic hydroxyl groups is 1. The van der Waals surface area contributed by atoms with Crippen LogP contribution in [0.2, 0.25) is 0 Å². The van der Waals surface area contributed by atoms with Gasteiger partial charge in [0.1, 0.15) is 84.3 Å². The van der Waals surface area contributed by atoms with Gasteiger partial charge in [-0.25, -0.2) is 0 Å². The van der Waals surface area contributed by atoms with Crippen LogP contribution in [-0.4, -0.2) is 253 Å². The average Bonchev–Trinajstić information content (AvgIpc) is 1.69. The van der Waals surface area contributed by atoms with Crippen LogP contribution < -0.4 is 58.5 Å². The number of hydrogen-bond donors (Lipinski definition) is 15. The monoisotopic (exact) mass is 1550 g/mol. The molecule has 0 aromatic heterocycles. The number of benzene rings is 3. The van der Waals surface area contributed by atoms with E-state index < -0.39 is 229 Å². The number of nitrogens with zero attached hydrogens (tertiary/aromatic N) is 3. The van der Waals surface area contributed by atoms with Gasteiger partial charge in [0, 0.05) is 50.4 Å². The van der Waals surface area contributed by atoms with Crippen LogP contribution in [0.4, 0.5) is 0 Å². The molecule has 0 saturated carbocycles. The van der Waals surface area contributed by atoms with Crippen molar-refractivity contribution >= 4 is 116 Å². The summed E-state index contributed by atoms with van der Waals surface area (Å²) in [6, 6.07) is 0.943. The Morgan fingerprint density at radius 3 is 1.35 bits per heavy atom. The van der Waals surface area contributed by atoms with E-state index in [1.807, 2.05) is 0 Å². The van der Waals surface area contributed by atoms with Gasteiger partial charge in [0.2, 0.25) is 82.7 Å². The molecule has 34 nitrogen and oxygen atoms in total. The van der Waals surface area contributed by atoms with Crippen LogP contribution in [-0.2, 0) is 96.0 Å². The Balaban J connectivity index is 1.25. The molecule has 5 aliphatic heterocycles. The Kier molecular flexibility index (Phi) is 31.1. The summed E-state index contributed by atoms with van der Waals surface area (Å²) in [7, 11) is 1.62. The lowest BCUT2D eigenvalue weighted by atomic mass is 9.96. The number of carbonyl (C=O) groups excluding carboxylic acids is 14. The summed E-state index contributed by atoms with van der Waals surface area (Å²) >= 11 is 0. The summed E-state index contributed by atoms with van der Waals surface area (Å²) in [6.45, 7) is 4.83. The third kappa shape index (κ3) is 23.3. The van der Waals surface area contributed by atoms with Crippen LogP contribution >= 0.6 is 21.6 Å². The third-order valence-corrected chi connectivity index (χ3v) is 22.4. The number of carbonyl (C=O) groups is 16. The first-order chi connectivity index (χ1) is 52.1. The average molecular weight is 1550 g/mol. The van der Waals surface area contributed by atoms with Gasteiger partial charge in [-0.2, -0.15) is 0 Å². The van der Waals surface area contributed by atoms with Gasteiger partial charge in [-0.15, -0.1) is 0 Å². The minimum absolute atomic E-state index is 0.0128. The fourth-order valence-electron chi connectivity index (χ4n) is 13.5. The molecule has 3 aromatic carbocycles. The molecule has 3 aromatic rings. The smallest absolute Gasteiger partial charge is 0.305 e. The van der Waals surface area contributed by atoms with Gasteiger partial charge < -0.3 is 93.6 Å². The summed E-state index contributed by atoms with van der Waals surface area (Å²) < 4.78 is 0. The molecule has 14 amide bonds. The first-order valence-corrected chi connectivity index (χ1v) is 38.9. The first kappa shape index (κ1) is 84.3. The highest BCUT2D eigenvalue weighted by Gasteiger charge is 2.47. The van der Waals surface area contributed by atoms with Crippen molar-refractivity contribution in [2.75, 3.05) is 44.3 Å². The third-order valence-electron chi connectivity index (χ3n) is 20.0. The summed E-state index contributed by atoms with van der Waals surface area (Å²) in [6.07, 6.45) is -1.47.